The summed E-state index contributed by atoms with van der Waals surface area (Å²) in [5.41, 5.74) is 0.899. The van der Waals surface area contributed by atoms with Gasteiger partial charge >= 0.3 is 0 Å². The molecule has 4 aromatic carbocycles. The van der Waals surface area contributed by atoms with Crippen molar-refractivity contribution in [1.82, 2.24) is 0 Å². The molecular formula is C26H22OPbS2-. The van der Waals surface area contributed by atoms with Crippen LogP contribution in [0, 0.1) is 18.2 Å². The Morgan fingerprint density at radius 3 is 1.17 bits per heavy atom. The number of ether oxygens (including phenoxy) is 1. The molecule has 149 valence electrons. The summed E-state index contributed by atoms with van der Waals surface area (Å²) in [5.74, 6) is 0.819. The quantitative estimate of drug-likeness (QED) is 0.155. The molecule has 0 amide bonds. The average molecular weight is 622 g/mol. The van der Waals surface area contributed by atoms with E-state index in [0.29, 0.717) is 4.20 Å². The fraction of sp³-hybridized carbons (Fsp3) is 0.0385. The molecule has 30 heavy (non-hydrogen) atoms. The minimum atomic E-state index is 0. The van der Waals surface area contributed by atoms with Crippen LogP contribution in [-0.2, 0) is 12.6 Å². The summed E-state index contributed by atoms with van der Waals surface area (Å²) in [6.07, 6.45) is 0. The zero-order chi connectivity index (χ0) is 21.0. The van der Waals surface area contributed by atoms with Crippen molar-refractivity contribution in [3.63, 3.8) is 0 Å². The van der Waals surface area contributed by atoms with Crippen LogP contribution in [0.1, 0.15) is 5.56 Å². The van der Waals surface area contributed by atoms with Crippen LogP contribution in [0.4, 0.5) is 0 Å². The number of hydrogen-bond donors (Lipinski definition) is 0. The van der Waals surface area contributed by atoms with Gasteiger partial charge in [-0.05, 0) is 35.9 Å². The SMILES string of the molecule is COc1ccc(C(=S)[S-])cc1.[Pb].[c]1ccccc1.[c]1ccccc1.[c]1ccccc1. The van der Waals surface area contributed by atoms with E-state index in [4.69, 9.17) is 29.6 Å². The number of hydrogen-bond acceptors (Lipinski definition) is 3. The molecule has 0 bridgehead atoms. The van der Waals surface area contributed by atoms with Gasteiger partial charge in [0.1, 0.15) is 5.75 Å². The van der Waals surface area contributed by atoms with Gasteiger partial charge in [-0.25, -0.2) is 0 Å². The summed E-state index contributed by atoms with van der Waals surface area (Å²) < 4.78 is 5.46. The Morgan fingerprint density at radius 2 is 1.00 bits per heavy atom. The molecule has 0 aliphatic heterocycles. The first kappa shape index (κ1) is 27.9. The molecule has 4 aromatic rings. The summed E-state index contributed by atoms with van der Waals surface area (Å²) in [6, 6.07) is 44.9. The molecule has 0 atom stereocenters. The Kier molecular flexibility index (Phi) is 18.8. The second-order valence-electron chi connectivity index (χ2n) is 5.25. The van der Waals surface area contributed by atoms with Gasteiger partial charge in [-0.15, -0.1) is 4.20 Å². The smallest absolute Gasteiger partial charge is 0.118 e. The Hall–Kier alpha value is -2.09. The second kappa shape index (κ2) is 20.2. The third-order valence-electron chi connectivity index (χ3n) is 3.15. The topological polar surface area (TPSA) is 9.23 Å². The maximum atomic E-state index is 4.97. The van der Waals surface area contributed by atoms with Gasteiger partial charge in [0.05, 0.1) is 7.11 Å². The van der Waals surface area contributed by atoms with E-state index >= 15 is 0 Å². The molecule has 0 aliphatic rings. The molecule has 0 heterocycles. The van der Waals surface area contributed by atoms with Crippen LogP contribution >= 0.6 is 12.2 Å². The number of methoxy groups -OCH3 is 1. The Bertz CT molecular complexity index is 700. The van der Waals surface area contributed by atoms with Crippen molar-refractivity contribution in [2.24, 2.45) is 0 Å². The van der Waals surface area contributed by atoms with E-state index < -0.39 is 0 Å². The molecule has 0 N–H and O–H groups in total. The maximum absolute atomic E-state index is 4.97. The molecule has 0 saturated carbocycles. The second-order valence-corrected chi connectivity index (χ2v) is 6.32. The monoisotopic (exact) mass is 622 g/mol. The zero-order valence-electron chi connectivity index (χ0n) is 16.7. The number of thiocarbonyl (C=S) groups is 1. The molecule has 0 saturated heterocycles. The van der Waals surface area contributed by atoms with E-state index in [1.807, 2.05) is 115 Å². The fourth-order valence-corrected chi connectivity index (χ4v) is 2.03. The molecule has 4 heteroatoms. The Labute approximate surface area is 211 Å². The molecule has 7 radical (unpaired) electrons. The van der Waals surface area contributed by atoms with Crippen molar-refractivity contribution in [3.05, 3.63) is 139 Å². The van der Waals surface area contributed by atoms with Crippen molar-refractivity contribution in [2.45, 2.75) is 0 Å². The van der Waals surface area contributed by atoms with Crippen molar-refractivity contribution >= 4 is 56.3 Å². The molecule has 0 aliphatic carbocycles. The minimum absolute atomic E-state index is 0. The van der Waals surface area contributed by atoms with E-state index in [1.54, 1.807) is 7.11 Å². The maximum Gasteiger partial charge on any atom is 0.118 e. The van der Waals surface area contributed by atoms with E-state index in [9.17, 15) is 0 Å². The predicted molar refractivity (Wildman–Crippen MR) is 134 cm³/mol. The van der Waals surface area contributed by atoms with Crippen LogP contribution < -0.4 is 4.74 Å². The third-order valence-corrected chi connectivity index (χ3v) is 3.62. The molecule has 0 unspecified atom stereocenters. The van der Waals surface area contributed by atoms with E-state index in [-0.39, 0.29) is 27.3 Å². The van der Waals surface area contributed by atoms with Crippen LogP contribution in [0.5, 0.6) is 5.75 Å². The van der Waals surface area contributed by atoms with E-state index in [1.165, 1.54) is 0 Å². The van der Waals surface area contributed by atoms with Crippen molar-refractivity contribution in [2.75, 3.05) is 7.11 Å². The van der Waals surface area contributed by atoms with Crippen LogP contribution in [0.15, 0.2) is 115 Å². The average Bonchev–Trinajstić information content (AvgIpc) is 2.84. The van der Waals surface area contributed by atoms with Gasteiger partial charge in [-0.1, -0.05) is 103 Å². The normalized spacial score (nSPS) is 8.17. The Morgan fingerprint density at radius 1 is 0.667 bits per heavy atom. The molecular weight excluding hydrogens is 600 g/mol. The molecule has 4 rings (SSSR count). The number of rotatable bonds is 2. The first-order valence-electron chi connectivity index (χ1n) is 8.82. The van der Waals surface area contributed by atoms with Gasteiger partial charge in [-0.2, -0.15) is 0 Å². The van der Waals surface area contributed by atoms with Crippen molar-refractivity contribution in [1.29, 1.82) is 0 Å². The van der Waals surface area contributed by atoms with Crippen molar-refractivity contribution < 1.29 is 4.74 Å². The summed E-state index contributed by atoms with van der Waals surface area (Å²) >= 11 is 9.63. The van der Waals surface area contributed by atoms with Crippen LogP contribution in [-0.4, -0.2) is 38.6 Å². The van der Waals surface area contributed by atoms with E-state index in [2.05, 4.69) is 18.2 Å². The summed E-state index contributed by atoms with van der Waals surface area (Å²) in [5, 5.41) is 0. The summed E-state index contributed by atoms with van der Waals surface area (Å²) in [6.45, 7) is 0. The summed E-state index contributed by atoms with van der Waals surface area (Å²) in [7, 11) is 1.63. The van der Waals surface area contributed by atoms with Gasteiger partial charge < -0.3 is 29.6 Å². The van der Waals surface area contributed by atoms with Gasteiger partial charge in [0, 0.05) is 27.3 Å². The van der Waals surface area contributed by atoms with Gasteiger partial charge in [0.25, 0.3) is 0 Å². The first-order valence-corrected chi connectivity index (χ1v) is 9.64. The third kappa shape index (κ3) is 15.8. The van der Waals surface area contributed by atoms with Gasteiger partial charge in [0.15, 0.2) is 0 Å². The largest absolute Gasteiger partial charge is 0.497 e. The Balaban J connectivity index is 0.000000385. The zero-order valence-corrected chi connectivity index (χ0v) is 22.2. The summed E-state index contributed by atoms with van der Waals surface area (Å²) in [4.78, 5) is 0. The van der Waals surface area contributed by atoms with Gasteiger partial charge in [-0.3, -0.25) is 0 Å². The van der Waals surface area contributed by atoms with Crippen LogP contribution in [0.3, 0.4) is 0 Å². The molecule has 0 spiro atoms. The van der Waals surface area contributed by atoms with Gasteiger partial charge in [0.2, 0.25) is 0 Å². The molecule has 0 fully saturated rings. The standard InChI is InChI=1S/C8H8OS2.3C6H5.Pb/c1-9-7-4-2-6(3-5-7)8(10)11;3*1-2-4-6-5-3-1;/h2-5H,1H3,(H,10,11);3*1-5H;/p-1. The first-order chi connectivity index (χ1) is 14.2. The van der Waals surface area contributed by atoms with Crippen molar-refractivity contribution in [3.8, 4) is 5.75 Å². The predicted octanol–water partition coefficient (Wildman–Crippen LogP) is 6.00. The molecule has 0 aromatic heterocycles. The minimum Gasteiger partial charge on any atom is -0.497 e. The van der Waals surface area contributed by atoms with E-state index in [0.717, 1.165) is 11.3 Å². The number of benzene rings is 4. The van der Waals surface area contributed by atoms with Crippen LogP contribution in [0.2, 0.25) is 0 Å². The molecule has 1 nitrogen and oxygen atoms in total. The van der Waals surface area contributed by atoms with Crippen LogP contribution in [0.25, 0.3) is 0 Å². The fourth-order valence-electron chi connectivity index (χ4n) is 1.75.